The number of nitrogens with one attached hydrogen (secondary N) is 1. The second-order valence-corrected chi connectivity index (χ2v) is 5.77. The topological polar surface area (TPSA) is 35.6 Å². The predicted molar refractivity (Wildman–Crippen MR) is 76.4 cm³/mol. The number of likely N-dealkylation sites (N-methyl/N-ethyl adjacent to an activating group) is 1. The zero-order chi connectivity index (χ0) is 13.5. The summed E-state index contributed by atoms with van der Waals surface area (Å²) in [7, 11) is 1.85. The van der Waals surface area contributed by atoms with Crippen LogP contribution in [0.15, 0.2) is 24.3 Å². The smallest absolute Gasteiger partial charge is 0.324 e. The molecule has 0 spiro atoms. The van der Waals surface area contributed by atoms with Crippen LogP contribution in [0.5, 0.6) is 0 Å². The number of urea groups is 1. The third-order valence-corrected chi connectivity index (χ3v) is 4.38. The van der Waals surface area contributed by atoms with Crippen LogP contribution in [0.3, 0.4) is 0 Å². The Morgan fingerprint density at radius 1 is 1.32 bits per heavy atom. The van der Waals surface area contributed by atoms with Gasteiger partial charge in [0.25, 0.3) is 0 Å². The largest absolute Gasteiger partial charge is 0.326 e. The van der Waals surface area contributed by atoms with Gasteiger partial charge in [-0.2, -0.15) is 0 Å². The fourth-order valence-corrected chi connectivity index (χ4v) is 3.04. The lowest BCUT2D eigenvalue weighted by Crippen LogP contribution is -2.34. The summed E-state index contributed by atoms with van der Waals surface area (Å²) in [5, 5.41) is 3.57. The summed E-state index contributed by atoms with van der Waals surface area (Å²) < 4.78 is 0. The van der Waals surface area contributed by atoms with E-state index in [1.54, 1.807) is 4.90 Å². The van der Waals surface area contributed by atoms with E-state index in [0.717, 1.165) is 31.7 Å². The van der Waals surface area contributed by atoms with Gasteiger partial charge in [0.1, 0.15) is 0 Å². The number of anilines is 1. The molecule has 19 heavy (non-hydrogen) atoms. The van der Waals surface area contributed by atoms with Crippen LogP contribution in [-0.4, -0.2) is 37.6 Å². The average Bonchev–Trinajstić information content (AvgIpc) is 2.99. The van der Waals surface area contributed by atoms with E-state index in [4.69, 9.17) is 0 Å². The van der Waals surface area contributed by atoms with E-state index in [0.29, 0.717) is 0 Å². The molecule has 0 bridgehead atoms. The molecule has 4 heteroatoms. The first kappa shape index (κ1) is 12.5. The fourth-order valence-electron chi connectivity index (χ4n) is 3.04. The molecule has 102 valence electrons. The number of hydrogen-bond acceptors (Lipinski definition) is 2. The van der Waals surface area contributed by atoms with Crippen LogP contribution >= 0.6 is 0 Å². The number of hydrogen-bond donors (Lipinski definition) is 1. The second-order valence-electron chi connectivity index (χ2n) is 5.77. The Balaban J connectivity index is 1.90. The lowest BCUT2D eigenvalue weighted by atomic mass is 9.90. The molecular formula is C15H21N3O. The molecule has 2 aliphatic heterocycles. The molecule has 1 aromatic carbocycles. The molecule has 4 nitrogen and oxygen atoms in total. The van der Waals surface area contributed by atoms with Crippen LogP contribution in [0.1, 0.15) is 25.3 Å². The van der Waals surface area contributed by atoms with Gasteiger partial charge in [0.2, 0.25) is 0 Å². The van der Waals surface area contributed by atoms with E-state index in [1.165, 1.54) is 12.0 Å². The summed E-state index contributed by atoms with van der Waals surface area (Å²) >= 11 is 0. The molecule has 2 aliphatic rings. The van der Waals surface area contributed by atoms with Crippen LogP contribution in [0, 0.1) is 0 Å². The Morgan fingerprint density at radius 3 is 2.79 bits per heavy atom. The van der Waals surface area contributed by atoms with Crippen molar-refractivity contribution in [2.45, 2.75) is 25.3 Å². The molecule has 1 unspecified atom stereocenters. The van der Waals surface area contributed by atoms with E-state index >= 15 is 0 Å². The van der Waals surface area contributed by atoms with Crippen molar-refractivity contribution in [3.63, 3.8) is 0 Å². The number of carbonyl (C=O) groups excluding carboxylic acids is 1. The Kier molecular flexibility index (Phi) is 2.97. The maximum Gasteiger partial charge on any atom is 0.324 e. The Hall–Kier alpha value is -1.55. The fraction of sp³-hybridized carbons (Fsp3) is 0.533. The SMILES string of the molecule is CN1CCN(c2cccc(C3(C)CCCN3)c2)C1=O. The molecule has 0 aromatic heterocycles. The van der Waals surface area contributed by atoms with E-state index in [1.807, 2.05) is 18.0 Å². The molecule has 1 N–H and O–H groups in total. The molecule has 2 amide bonds. The van der Waals surface area contributed by atoms with Crippen LogP contribution in [0.4, 0.5) is 10.5 Å². The van der Waals surface area contributed by atoms with Crippen molar-refractivity contribution in [3.05, 3.63) is 29.8 Å². The summed E-state index contributed by atoms with van der Waals surface area (Å²) in [6.07, 6.45) is 2.37. The third-order valence-electron chi connectivity index (χ3n) is 4.38. The van der Waals surface area contributed by atoms with Crippen molar-refractivity contribution in [1.82, 2.24) is 10.2 Å². The molecular weight excluding hydrogens is 238 g/mol. The summed E-state index contributed by atoms with van der Waals surface area (Å²) in [5.41, 5.74) is 2.36. The van der Waals surface area contributed by atoms with Crippen molar-refractivity contribution in [2.75, 3.05) is 31.6 Å². The first-order chi connectivity index (χ1) is 9.10. The second kappa shape index (κ2) is 4.53. The average molecular weight is 259 g/mol. The molecule has 2 fully saturated rings. The van der Waals surface area contributed by atoms with Gasteiger partial charge in [0.15, 0.2) is 0 Å². The molecule has 0 radical (unpaired) electrons. The molecule has 3 rings (SSSR count). The zero-order valence-electron chi connectivity index (χ0n) is 11.6. The quantitative estimate of drug-likeness (QED) is 0.883. The van der Waals surface area contributed by atoms with Crippen LogP contribution in [-0.2, 0) is 5.54 Å². The van der Waals surface area contributed by atoms with Crippen molar-refractivity contribution >= 4 is 11.7 Å². The Labute approximate surface area is 114 Å². The zero-order valence-corrected chi connectivity index (χ0v) is 11.6. The highest BCUT2D eigenvalue weighted by Crippen LogP contribution is 2.32. The predicted octanol–water partition coefficient (Wildman–Crippen LogP) is 2.16. The van der Waals surface area contributed by atoms with E-state index in [9.17, 15) is 4.79 Å². The first-order valence-electron chi connectivity index (χ1n) is 6.98. The van der Waals surface area contributed by atoms with Gasteiger partial charge >= 0.3 is 6.03 Å². The minimum absolute atomic E-state index is 0.0602. The number of carbonyl (C=O) groups is 1. The minimum atomic E-state index is 0.0602. The number of benzene rings is 1. The Morgan fingerprint density at radius 2 is 2.16 bits per heavy atom. The van der Waals surface area contributed by atoms with Gasteiger partial charge in [-0.15, -0.1) is 0 Å². The maximum atomic E-state index is 12.1. The van der Waals surface area contributed by atoms with E-state index in [2.05, 4.69) is 30.4 Å². The van der Waals surface area contributed by atoms with Gasteiger partial charge in [-0.1, -0.05) is 12.1 Å². The molecule has 2 saturated heterocycles. The third kappa shape index (κ3) is 2.10. The number of rotatable bonds is 2. The molecule has 0 aliphatic carbocycles. The normalized spacial score (nSPS) is 27.4. The highest BCUT2D eigenvalue weighted by Gasteiger charge is 2.32. The number of amides is 2. The van der Waals surface area contributed by atoms with Crippen LogP contribution < -0.4 is 10.2 Å². The van der Waals surface area contributed by atoms with Gasteiger partial charge in [-0.25, -0.2) is 4.79 Å². The minimum Gasteiger partial charge on any atom is -0.326 e. The van der Waals surface area contributed by atoms with Crippen LogP contribution in [0.25, 0.3) is 0 Å². The molecule has 1 aromatic rings. The van der Waals surface area contributed by atoms with Gasteiger partial charge < -0.3 is 10.2 Å². The summed E-state index contributed by atoms with van der Waals surface area (Å²) in [4.78, 5) is 15.7. The molecule has 0 saturated carbocycles. The highest BCUT2D eigenvalue weighted by atomic mass is 16.2. The van der Waals surface area contributed by atoms with Crippen molar-refractivity contribution in [3.8, 4) is 0 Å². The monoisotopic (exact) mass is 259 g/mol. The van der Waals surface area contributed by atoms with Gasteiger partial charge in [-0.3, -0.25) is 4.90 Å². The molecule has 1 atom stereocenters. The summed E-state index contributed by atoms with van der Waals surface area (Å²) in [6.45, 7) is 4.91. The Bertz CT molecular complexity index is 494. The van der Waals surface area contributed by atoms with Gasteiger partial charge in [0, 0.05) is 31.4 Å². The van der Waals surface area contributed by atoms with E-state index in [-0.39, 0.29) is 11.6 Å². The number of nitrogens with zero attached hydrogens (tertiary/aromatic N) is 2. The van der Waals surface area contributed by atoms with Crippen molar-refractivity contribution in [1.29, 1.82) is 0 Å². The standard InChI is InChI=1S/C15H21N3O/c1-15(7-4-8-16-15)12-5-3-6-13(11-12)18-10-9-17(2)14(18)19/h3,5-6,11,16H,4,7-10H2,1-2H3. The molecule has 2 heterocycles. The van der Waals surface area contributed by atoms with Crippen LogP contribution in [0.2, 0.25) is 0 Å². The summed E-state index contributed by atoms with van der Waals surface area (Å²) in [5.74, 6) is 0. The lowest BCUT2D eigenvalue weighted by molar-refractivity contribution is 0.229. The van der Waals surface area contributed by atoms with Gasteiger partial charge in [-0.05, 0) is 44.0 Å². The maximum absolute atomic E-state index is 12.1. The summed E-state index contributed by atoms with van der Waals surface area (Å²) in [6, 6.07) is 8.50. The van der Waals surface area contributed by atoms with Crippen molar-refractivity contribution < 1.29 is 4.79 Å². The van der Waals surface area contributed by atoms with Gasteiger partial charge in [0.05, 0.1) is 0 Å². The first-order valence-corrected chi connectivity index (χ1v) is 6.98. The lowest BCUT2D eigenvalue weighted by Gasteiger charge is -2.26. The van der Waals surface area contributed by atoms with E-state index < -0.39 is 0 Å². The van der Waals surface area contributed by atoms with Crippen molar-refractivity contribution in [2.24, 2.45) is 0 Å². The highest BCUT2D eigenvalue weighted by molar-refractivity contribution is 5.94.